The Hall–Kier alpha value is -3.81. The predicted octanol–water partition coefficient (Wildman–Crippen LogP) is 3.49. The van der Waals surface area contributed by atoms with Gasteiger partial charge in [0.2, 0.25) is 5.91 Å². The lowest BCUT2D eigenvalue weighted by atomic mass is 9.96. The van der Waals surface area contributed by atoms with E-state index in [-0.39, 0.29) is 30.4 Å². The van der Waals surface area contributed by atoms with Crippen molar-refractivity contribution in [2.24, 2.45) is 5.92 Å². The minimum Gasteiger partial charge on any atom is -0.467 e. The predicted molar refractivity (Wildman–Crippen MR) is 138 cm³/mol. The fourth-order valence-electron chi connectivity index (χ4n) is 5.64. The molecular weight excluding hydrogens is 456 g/mol. The Kier molecular flexibility index (Phi) is 6.20. The van der Waals surface area contributed by atoms with Gasteiger partial charge in [0.1, 0.15) is 18.8 Å². The van der Waals surface area contributed by atoms with Crippen molar-refractivity contribution in [3.63, 3.8) is 0 Å². The first-order valence-corrected chi connectivity index (χ1v) is 12.5. The van der Waals surface area contributed by atoms with E-state index in [1.807, 2.05) is 72.8 Å². The summed E-state index contributed by atoms with van der Waals surface area (Å²) >= 11 is 0. The Labute approximate surface area is 210 Å². The molecule has 2 aliphatic rings. The van der Waals surface area contributed by atoms with Gasteiger partial charge in [-0.3, -0.25) is 9.59 Å². The van der Waals surface area contributed by atoms with E-state index in [1.54, 1.807) is 0 Å². The Balaban J connectivity index is 1.58. The first-order valence-electron chi connectivity index (χ1n) is 12.5. The van der Waals surface area contributed by atoms with E-state index in [1.165, 1.54) is 7.11 Å². The molecule has 1 N–H and O–H groups in total. The van der Waals surface area contributed by atoms with Crippen molar-refractivity contribution < 1.29 is 19.1 Å². The molecular formula is C28H32N4O4. The smallest absolute Gasteiger partial charge is 0.328 e. The molecule has 3 aromatic rings. The van der Waals surface area contributed by atoms with Gasteiger partial charge in [0.05, 0.1) is 24.1 Å². The zero-order chi connectivity index (χ0) is 25.6. The summed E-state index contributed by atoms with van der Waals surface area (Å²) in [6.07, 6.45) is 1.10. The summed E-state index contributed by atoms with van der Waals surface area (Å²) in [5.74, 6) is -0.775. The van der Waals surface area contributed by atoms with Crippen LogP contribution in [0.2, 0.25) is 0 Å². The van der Waals surface area contributed by atoms with Crippen LogP contribution in [-0.2, 0) is 27.3 Å². The van der Waals surface area contributed by atoms with Gasteiger partial charge in [0.25, 0.3) is 5.91 Å². The van der Waals surface area contributed by atoms with Gasteiger partial charge in [0, 0.05) is 24.5 Å². The molecule has 3 heterocycles. The SMILES string of the molecule is CC[C@@H](C)[C@H](NC(=O)Cn1c2c(c3ccccc31)CCN1C(=O)c3ccccc3N(C)C21)C(=O)OC. The molecule has 1 aromatic heterocycles. The number of carbonyl (C=O) groups is 3. The standard InChI is InChI=1S/C28H32N4O4/c1-5-17(2)24(28(35)36-4)29-23(33)16-32-22-13-9-6-10-18(22)19-14-15-31-26(25(19)32)30(3)21-12-8-7-11-20(21)27(31)34/h6-13,17,24,26H,5,14-16H2,1-4H3,(H,29,33)/t17-,24+,26?/m1/s1. The van der Waals surface area contributed by atoms with E-state index < -0.39 is 12.0 Å². The number of nitrogens with one attached hydrogen (secondary N) is 1. The largest absolute Gasteiger partial charge is 0.467 e. The van der Waals surface area contributed by atoms with Crippen molar-refractivity contribution in [1.29, 1.82) is 0 Å². The average Bonchev–Trinajstić information content (AvgIpc) is 3.22. The van der Waals surface area contributed by atoms with Gasteiger partial charge in [0.15, 0.2) is 0 Å². The lowest BCUT2D eigenvalue weighted by molar-refractivity contribution is -0.146. The van der Waals surface area contributed by atoms with Crippen LogP contribution in [0.1, 0.15) is 48.0 Å². The van der Waals surface area contributed by atoms with Crippen LogP contribution in [0.4, 0.5) is 5.69 Å². The summed E-state index contributed by atoms with van der Waals surface area (Å²) in [4.78, 5) is 43.2. The maximum Gasteiger partial charge on any atom is 0.328 e. The topological polar surface area (TPSA) is 83.9 Å². The monoisotopic (exact) mass is 488 g/mol. The normalized spacial score (nSPS) is 18.2. The van der Waals surface area contributed by atoms with Crippen LogP contribution in [0.15, 0.2) is 48.5 Å². The molecule has 8 heteroatoms. The third-order valence-corrected chi connectivity index (χ3v) is 7.69. The molecule has 0 radical (unpaired) electrons. The average molecular weight is 489 g/mol. The number of hydrogen-bond acceptors (Lipinski definition) is 5. The maximum absolute atomic E-state index is 13.5. The number of anilines is 1. The number of methoxy groups -OCH3 is 1. The molecule has 0 bridgehead atoms. The fourth-order valence-corrected chi connectivity index (χ4v) is 5.64. The van der Waals surface area contributed by atoms with Crippen LogP contribution in [-0.4, -0.2) is 54.0 Å². The Morgan fingerprint density at radius 2 is 1.86 bits per heavy atom. The first kappa shape index (κ1) is 23.9. The highest BCUT2D eigenvalue weighted by molar-refractivity contribution is 6.02. The van der Waals surface area contributed by atoms with Crippen LogP contribution in [0.3, 0.4) is 0 Å². The molecule has 2 aromatic carbocycles. The molecule has 8 nitrogen and oxygen atoms in total. The van der Waals surface area contributed by atoms with Crippen molar-refractivity contribution in [3.8, 4) is 0 Å². The van der Waals surface area contributed by atoms with Crippen molar-refractivity contribution in [3.05, 3.63) is 65.4 Å². The molecule has 2 amide bonds. The second-order valence-electron chi connectivity index (χ2n) is 9.67. The summed E-state index contributed by atoms with van der Waals surface area (Å²) < 4.78 is 6.96. The number of nitrogens with zero attached hydrogens (tertiary/aromatic N) is 3. The molecule has 1 unspecified atom stereocenters. The van der Waals surface area contributed by atoms with E-state index >= 15 is 0 Å². The number of para-hydroxylation sites is 2. The van der Waals surface area contributed by atoms with Gasteiger partial charge in [-0.25, -0.2) is 4.79 Å². The molecule has 0 fully saturated rings. The van der Waals surface area contributed by atoms with E-state index in [4.69, 9.17) is 4.74 Å². The second kappa shape index (κ2) is 9.33. The maximum atomic E-state index is 13.5. The number of amides is 2. The molecule has 0 aliphatic carbocycles. The highest BCUT2D eigenvalue weighted by Crippen LogP contribution is 2.44. The first-order chi connectivity index (χ1) is 17.4. The number of ether oxygens (including phenoxy) is 1. The highest BCUT2D eigenvalue weighted by Gasteiger charge is 2.43. The number of fused-ring (bicyclic) bond motifs is 6. The van der Waals surface area contributed by atoms with Gasteiger partial charge in [-0.05, 0) is 36.1 Å². The van der Waals surface area contributed by atoms with Crippen LogP contribution >= 0.6 is 0 Å². The number of aromatic nitrogens is 1. The lowest BCUT2D eigenvalue weighted by Gasteiger charge is -2.46. The van der Waals surface area contributed by atoms with Crippen molar-refractivity contribution >= 4 is 34.4 Å². The van der Waals surface area contributed by atoms with Gasteiger partial charge in [-0.2, -0.15) is 0 Å². The molecule has 5 rings (SSSR count). The van der Waals surface area contributed by atoms with Crippen LogP contribution in [0.25, 0.3) is 10.9 Å². The van der Waals surface area contributed by atoms with Gasteiger partial charge < -0.3 is 24.4 Å². The minimum absolute atomic E-state index is 0.00290. The molecule has 36 heavy (non-hydrogen) atoms. The number of hydrogen-bond donors (Lipinski definition) is 1. The van der Waals surface area contributed by atoms with Crippen molar-refractivity contribution in [2.75, 3.05) is 25.6 Å². The summed E-state index contributed by atoms with van der Waals surface area (Å²) in [5, 5.41) is 4.00. The zero-order valence-electron chi connectivity index (χ0n) is 21.2. The molecule has 0 spiro atoms. The van der Waals surface area contributed by atoms with Gasteiger partial charge in [-0.1, -0.05) is 50.6 Å². The summed E-state index contributed by atoms with van der Waals surface area (Å²) in [5.41, 5.74) is 4.61. The molecule has 188 valence electrons. The third-order valence-electron chi connectivity index (χ3n) is 7.69. The quantitative estimate of drug-likeness (QED) is 0.537. The molecule has 0 saturated carbocycles. The third kappa shape index (κ3) is 3.72. The number of rotatable bonds is 6. The summed E-state index contributed by atoms with van der Waals surface area (Å²) in [6.45, 7) is 4.54. The Bertz CT molecular complexity index is 1350. The van der Waals surface area contributed by atoms with E-state index in [9.17, 15) is 14.4 Å². The zero-order valence-corrected chi connectivity index (χ0v) is 21.2. The number of esters is 1. The summed E-state index contributed by atoms with van der Waals surface area (Å²) in [7, 11) is 3.33. The van der Waals surface area contributed by atoms with Crippen LogP contribution < -0.4 is 10.2 Å². The van der Waals surface area contributed by atoms with E-state index in [0.717, 1.165) is 34.3 Å². The highest BCUT2D eigenvalue weighted by atomic mass is 16.5. The van der Waals surface area contributed by atoms with Gasteiger partial charge in [-0.15, -0.1) is 0 Å². The molecule has 3 atom stereocenters. The Morgan fingerprint density at radius 1 is 1.14 bits per heavy atom. The van der Waals surface area contributed by atoms with E-state index in [2.05, 4.69) is 16.3 Å². The number of carbonyl (C=O) groups excluding carboxylic acids is 3. The second-order valence-corrected chi connectivity index (χ2v) is 9.67. The molecule has 2 aliphatic heterocycles. The summed E-state index contributed by atoms with van der Waals surface area (Å²) in [6, 6.07) is 15.0. The van der Waals surface area contributed by atoms with Crippen LogP contribution in [0.5, 0.6) is 0 Å². The van der Waals surface area contributed by atoms with Gasteiger partial charge >= 0.3 is 5.97 Å². The van der Waals surface area contributed by atoms with Crippen molar-refractivity contribution in [1.82, 2.24) is 14.8 Å². The van der Waals surface area contributed by atoms with Crippen LogP contribution in [0, 0.1) is 5.92 Å². The fraction of sp³-hybridized carbons (Fsp3) is 0.393. The minimum atomic E-state index is -0.715. The van der Waals surface area contributed by atoms with E-state index in [0.29, 0.717) is 18.5 Å². The van der Waals surface area contributed by atoms with Crippen molar-refractivity contribution in [2.45, 2.75) is 45.4 Å². The lowest BCUT2D eigenvalue weighted by Crippen LogP contribution is -2.52. The number of benzene rings is 2. The molecule has 0 saturated heterocycles. The Morgan fingerprint density at radius 3 is 2.61 bits per heavy atom.